The summed E-state index contributed by atoms with van der Waals surface area (Å²) in [7, 11) is 0. The molecule has 0 aliphatic carbocycles. The fraction of sp³-hybridized carbons (Fsp3) is 0.488. The molecular weight excluding hydrogens is 853 g/mol. The maximum absolute atomic E-state index is 13.6. The van der Waals surface area contributed by atoms with Crippen LogP contribution in [0.4, 0.5) is 19.9 Å². The largest absolute Gasteiger partial charge is 0.463 e. The molecule has 0 bridgehead atoms. The molecule has 0 aliphatic rings. The van der Waals surface area contributed by atoms with Crippen LogP contribution < -0.4 is 21.3 Å². The minimum absolute atomic E-state index is 0.272. The molecule has 340 valence electrons. The molecule has 0 radical (unpaired) electrons. The zero-order valence-corrected chi connectivity index (χ0v) is 38.4. The number of hydrogen-bond donors (Lipinski definition) is 4. The van der Waals surface area contributed by atoms with Gasteiger partial charge in [-0.25, -0.2) is 14.4 Å². The van der Waals surface area contributed by atoms with Crippen molar-refractivity contribution in [2.24, 2.45) is 5.92 Å². The van der Waals surface area contributed by atoms with E-state index in [0.717, 1.165) is 12.8 Å². The second kappa shape index (κ2) is 23.4. The van der Waals surface area contributed by atoms with E-state index in [-0.39, 0.29) is 19.1 Å². The van der Waals surface area contributed by atoms with Crippen LogP contribution in [-0.4, -0.2) is 93.3 Å². The molecule has 2 heterocycles. The molecule has 4 rings (SSSR count). The SMILES string of the molecule is CC(C)C(NC(=O)OC(C)(C)C)C(=O)OCC(C(=O)Nc1nnc(CCCCc2nnc(NC(=O)C(COC(=O)CNC(=O)OC(C)(C)C)c3ccccc3)s2)s1)c1ccccc1. The first kappa shape index (κ1) is 49.6. The summed E-state index contributed by atoms with van der Waals surface area (Å²) in [5, 5.41) is 29.2. The number of aromatic nitrogens is 4. The van der Waals surface area contributed by atoms with Crippen LogP contribution in [0.25, 0.3) is 0 Å². The second-order valence-electron chi connectivity index (χ2n) is 16.7. The fourth-order valence-electron chi connectivity index (χ4n) is 5.64. The lowest BCUT2D eigenvalue weighted by Crippen LogP contribution is -2.47. The van der Waals surface area contributed by atoms with Gasteiger partial charge in [0.05, 0.1) is 11.8 Å². The molecule has 4 N–H and O–H groups in total. The molecule has 0 spiro atoms. The van der Waals surface area contributed by atoms with E-state index in [1.165, 1.54) is 22.7 Å². The number of aryl methyl sites for hydroxylation is 2. The van der Waals surface area contributed by atoms with Gasteiger partial charge in [-0.2, -0.15) is 0 Å². The van der Waals surface area contributed by atoms with Crippen molar-refractivity contribution in [1.82, 2.24) is 31.0 Å². The van der Waals surface area contributed by atoms with Gasteiger partial charge in [0, 0.05) is 12.8 Å². The molecule has 4 aromatic rings. The Morgan fingerprint density at radius 3 is 1.51 bits per heavy atom. The molecule has 2 aromatic heterocycles. The molecular formula is C43H56N8O10S2. The Morgan fingerprint density at radius 2 is 1.06 bits per heavy atom. The Labute approximate surface area is 374 Å². The highest BCUT2D eigenvalue weighted by atomic mass is 32.1. The molecule has 0 saturated heterocycles. The number of hydrogen-bond acceptors (Lipinski definition) is 16. The van der Waals surface area contributed by atoms with Crippen LogP contribution in [0, 0.1) is 5.92 Å². The van der Waals surface area contributed by atoms with Crippen molar-refractivity contribution in [2.45, 2.75) is 110 Å². The van der Waals surface area contributed by atoms with Crippen molar-refractivity contribution in [1.29, 1.82) is 0 Å². The van der Waals surface area contributed by atoms with E-state index in [9.17, 15) is 28.8 Å². The van der Waals surface area contributed by atoms with Crippen LogP contribution in [0.5, 0.6) is 0 Å². The van der Waals surface area contributed by atoms with Gasteiger partial charge in [-0.15, -0.1) is 20.4 Å². The van der Waals surface area contributed by atoms with Crippen molar-refractivity contribution < 1.29 is 47.7 Å². The number of benzene rings is 2. The molecule has 3 unspecified atom stereocenters. The summed E-state index contributed by atoms with van der Waals surface area (Å²) in [6, 6.07) is 16.7. The number of alkyl carbamates (subject to hydrolysis) is 2. The smallest absolute Gasteiger partial charge is 0.408 e. The predicted molar refractivity (Wildman–Crippen MR) is 236 cm³/mol. The lowest BCUT2D eigenvalue weighted by molar-refractivity contribution is -0.148. The molecule has 0 aliphatic heterocycles. The highest BCUT2D eigenvalue weighted by Gasteiger charge is 2.31. The summed E-state index contributed by atoms with van der Waals surface area (Å²) < 4.78 is 21.4. The predicted octanol–water partition coefficient (Wildman–Crippen LogP) is 6.56. The van der Waals surface area contributed by atoms with Gasteiger partial charge in [-0.05, 0) is 71.4 Å². The van der Waals surface area contributed by atoms with E-state index in [1.54, 1.807) is 110 Å². The number of unbranched alkanes of at least 4 members (excludes halogenated alkanes) is 1. The second-order valence-corrected chi connectivity index (χ2v) is 18.8. The summed E-state index contributed by atoms with van der Waals surface area (Å²) >= 11 is 2.47. The molecule has 0 fully saturated rings. The lowest BCUT2D eigenvalue weighted by Gasteiger charge is -2.25. The molecule has 0 saturated carbocycles. The first-order valence-electron chi connectivity index (χ1n) is 20.4. The zero-order chi connectivity index (χ0) is 46.2. The highest BCUT2D eigenvalue weighted by molar-refractivity contribution is 7.15. The quantitative estimate of drug-likeness (QED) is 0.0418. The molecule has 4 amide bonds. The maximum atomic E-state index is 13.6. The van der Waals surface area contributed by atoms with Crippen molar-refractivity contribution in [2.75, 3.05) is 30.4 Å². The summed E-state index contributed by atoms with van der Waals surface area (Å²) in [5.74, 6) is -4.36. The van der Waals surface area contributed by atoms with E-state index in [0.29, 0.717) is 44.2 Å². The Hall–Kier alpha value is -6.02. The first-order chi connectivity index (χ1) is 29.8. The molecule has 18 nitrogen and oxygen atoms in total. The number of ether oxygens (including phenoxy) is 4. The van der Waals surface area contributed by atoms with Gasteiger partial charge in [-0.3, -0.25) is 25.0 Å². The van der Waals surface area contributed by atoms with E-state index in [4.69, 9.17) is 18.9 Å². The van der Waals surface area contributed by atoms with Gasteiger partial charge in [0.2, 0.25) is 22.1 Å². The number of anilines is 2. The number of rotatable bonds is 20. The normalized spacial score (nSPS) is 12.9. The van der Waals surface area contributed by atoms with Crippen LogP contribution in [0.1, 0.15) is 101 Å². The zero-order valence-electron chi connectivity index (χ0n) is 36.7. The van der Waals surface area contributed by atoms with E-state index >= 15 is 0 Å². The third-order valence-electron chi connectivity index (χ3n) is 8.63. The van der Waals surface area contributed by atoms with Crippen molar-refractivity contribution in [3.05, 3.63) is 81.8 Å². The number of nitrogens with zero attached hydrogens (tertiary/aromatic N) is 4. The van der Waals surface area contributed by atoms with E-state index in [2.05, 4.69) is 41.7 Å². The Balaban J connectivity index is 1.26. The van der Waals surface area contributed by atoms with E-state index in [1.807, 2.05) is 6.07 Å². The molecule has 3 atom stereocenters. The summed E-state index contributed by atoms with van der Waals surface area (Å²) in [6.07, 6.45) is 1.11. The van der Waals surface area contributed by atoms with Crippen LogP contribution in [0.15, 0.2) is 60.7 Å². The summed E-state index contributed by atoms with van der Waals surface area (Å²) in [4.78, 5) is 76.8. The van der Waals surface area contributed by atoms with Crippen molar-refractivity contribution >= 4 is 68.9 Å². The minimum Gasteiger partial charge on any atom is -0.463 e. The van der Waals surface area contributed by atoms with Gasteiger partial charge in [0.25, 0.3) is 0 Å². The Morgan fingerprint density at radius 1 is 0.619 bits per heavy atom. The maximum Gasteiger partial charge on any atom is 0.408 e. The molecule has 2 aromatic carbocycles. The topological polar surface area (TPSA) is 239 Å². The third-order valence-corrected chi connectivity index (χ3v) is 10.4. The average molecular weight is 909 g/mol. The number of carbonyl (C=O) groups is 6. The van der Waals surface area contributed by atoms with Crippen LogP contribution in [0.3, 0.4) is 0 Å². The molecule has 20 heteroatoms. The Kier molecular flexibility index (Phi) is 18.5. The van der Waals surface area contributed by atoms with Crippen molar-refractivity contribution in [3.8, 4) is 0 Å². The monoisotopic (exact) mass is 908 g/mol. The van der Waals surface area contributed by atoms with Crippen LogP contribution in [-0.2, 0) is 51.0 Å². The van der Waals surface area contributed by atoms with Crippen LogP contribution in [0.2, 0.25) is 0 Å². The first-order valence-corrected chi connectivity index (χ1v) is 22.0. The number of nitrogens with one attached hydrogen (secondary N) is 4. The highest BCUT2D eigenvalue weighted by Crippen LogP contribution is 2.25. The van der Waals surface area contributed by atoms with Gasteiger partial charge in [-0.1, -0.05) is 97.2 Å². The van der Waals surface area contributed by atoms with Crippen molar-refractivity contribution in [3.63, 3.8) is 0 Å². The fourth-order valence-corrected chi connectivity index (χ4v) is 7.21. The van der Waals surface area contributed by atoms with Gasteiger partial charge in [0.15, 0.2) is 0 Å². The average Bonchev–Trinajstić information content (AvgIpc) is 3.86. The molecule has 63 heavy (non-hydrogen) atoms. The van der Waals surface area contributed by atoms with Gasteiger partial charge >= 0.3 is 24.1 Å². The number of esters is 2. The third kappa shape index (κ3) is 17.7. The van der Waals surface area contributed by atoms with Gasteiger partial charge in [0.1, 0.15) is 47.0 Å². The number of amides is 4. The number of carbonyl (C=O) groups excluding carboxylic acids is 6. The van der Waals surface area contributed by atoms with Crippen LogP contribution >= 0.6 is 22.7 Å². The Bertz CT molecular complexity index is 2140. The minimum atomic E-state index is -0.994. The summed E-state index contributed by atoms with van der Waals surface area (Å²) in [6.45, 7) is 12.8. The summed E-state index contributed by atoms with van der Waals surface area (Å²) in [5.41, 5.74) is -0.244. The van der Waals surface area contributed by atoms with E-state index < -0.39 is 71.6 Å². The standard InChI is InChI=1S/C43H56N8O10S2/c1-26(2)34(45-41(57)61-43(6,7)8)37(55)59-25-30(28-19-13-10-14-20-28)36(54)47-39-51-49-32(63-39)22-16-15-21-31-48-50-38(62-31)46-35(53)29(27-17-11-9-12-18-27)24-58-33(52)23-44-40(56)60-42(3,4)5/h9-14,17-20,26,29-30,34H,15-16,21-25H2,1-8H3,(H,44,56)(H,45,57)(H,46,50,53)(H,47,51,54). The lowest BCUT2D eigenvalue weighted by atomic mass is 9.99. The van der Waals surface area contributed by atoms with Gasteiger partial charge < -0.3 is 29.6 Å².